The van der Waals surface area contributed by atoms with Gasteiger partial charge in [-0.05, 0) is 34.9 Å². The first-order valence-electron chi connectivity index (χ1n) is 6.55. The third-order valence-corrected chi connectivity index (χ3v) is 3.27. The first-order chi connectivity index (χ1) is 11.7. The van der Waals surface area contributed by atoms with E-state index in [1.54, 1.807) is 20.8 Å². The Morgan fingerprint density at radius 2 is 1.42 bits per heavy atom. The van der Waals surface area contributed by atoms with Crippen molar-refractivity contribution in [1.29, 1.82) is 0 Å². The molecule has 17 heteroatoms. The molecule has 0 saturated heterocycles. The Morgan fingerprint density at radius 3 is 1.54 bits per heavy atom. The number of ether oxygens (including phenoxy) is 1. The fraction of sp³-hybridized carbons (Fsp3) is 0.889. The fourth-order valence-corrected chi connectivity index (χ4v) is 1.31. The summed E-state index contributed by atoms with van der Waals surface area (Å²) in [5, 5.41) is 0. The van der Waals surface area contributed by atoms with E-state index in [-0.39, 0.29) is 0 Å². The molecule has 0 heterocycles. The van der Waals surface area contributed by atoms with Crippen molar-refractivity contribution < 1.29 is 35.8 Å². The Hall–Kier alpha value is -0.600. The van der Waals surface area contributed by atoms with Crippen molar-refractivity contribution in [3.63, 3.8) is 0 Å². The molecule has 0 aliphatic rings. The lowest BCUT2D eigenvalue weighted by atomic mass is 10.2. The molecule has 0 saturated carbocycles. The van der Waals surface area contributed by atoms with Crippen molar-refractivity contribution >= 4 is 39.9 Å². The van der Waals surface area contributed by atoms with E-state index in [9.17, 15) is 31.1 Å². The zero-order valence-electron chi connectivity index (χ0n) is 15.4. The van der Waals surface area contributed by atoms with Gasteiger partial charge in [0, 0.05) is 36.6 Å². The van der Waals surface area contributed by atoms with Crippen LogP contribution in [0.2, 0.25) is 0 Å². The Kier molecular flexibility index (Phi) is 19.2. The predicted molar refractivity (Wildman–Crippen MR) is 92.9 cm³/mol. The molecule has 3 atom stereocenters. The second-order valence-electron chi connectivity index (χ2n) is 4.74. The third-order valence-electron chi connectivity index (χ3n) is 1.64. The van der Waals surface area contributed by atoms with Crippen LogP contribution >= 0.6 is 0 Å². The molecule has 0 radical (unpaired) electrons. The highest BCUT2D eigenvalue weighted by Crippen LogP contribution is 2.09. The molecule has 0 aliphatic heterocycles. The summed E-state index contributed by atoms with van der Waals surface area (Å²) in [6.45, 7) is 4.94. The number of rotatable bonds is 6. The number of nitrogens with zero attached hydrogens (tertiary/aromatic N) is 2. The SMILES string of the molecule is CNN(C(=O)OC(C)(C)C)S(=O)[O-].CNN(C)S(=O)[O-].CNNS(=O)[O-]. The highest BCUT2D eigenvalue weighted by molar-refractivity contribution is 7.77. The minimum atomic E-state index is -2.67. The maximum atomic E-state index is 11.1. The molecule has 14 nitrogen and oxygen atoms in total. The standard InChI is InChI=1S/C6H14N2O4S.C2H8N2O2S.CH6N2O2S/c1-6(2,3)12-5(9)8(7-4)13(10)11;1-3-4(2)7(5)6;1-2-3-6(4)5/h7H,1-4H3,(H,10,11);3H,1-2H3,(H,5,6);2-3H,1H3,(H,4,5)/p-3. The average molecular weight is 442 g/mol. The van der Waals surface area contributed by atoms with Crippen LogP contribution in [0.3, 0.4) is 0 Å². The molecule has 0 aromatic heterocycles. The molecule has 0 fully saturated rings. The van der Waals surface area contributed by atoms with Crippen LogP contribution in [-0.2, 0) is 38.5 Å². The van der Waals surface area contributed by atoms with Crippen LogP contribution in [0.25, 0.3) is 0 Å². The van der Waals surface area contributed by atoms with E-state index >= 15 is 0 Å². The van der Waals surface area contributed by atoms with Crippen LogP contribution in [0.15, 0.2) is 0 Å². The number of carbonyl (C=O) groups excluding carboxylic acids is 1. The molecule has 0 aliphatic carbocycles. The van der Waals surface area contributed by atoms with Crippen molar-refractivity contribution in [2.45, 2.75) is 26.4 Å². The lowest BCUT2D eigenvalue weighted by molar-refractivity contribution is 0.0335. The number of carbonyl (C=O) groups is 1. The normalized spacial score (nSPS) is 14.1. The molecular weight excluding hydrogens is 416 g/mol. The van der Waals surface area contributed by atoms with Gasteiger partial charge in [-0.1, -0.05) is 0 Å². The molecule has 26 heavy (non-hydrogen) atoms. The molecule has 0 aromatic rings. The van der Waals surface area contributed by atoms with Gasteiger partial charge in [0.05, 0.1) is 11.3 Å². The number of hydrazine groups is 3. The fourth-order valence-electron chi connectivity index (χ4n) is 0.688. The van der Waals surface area contributed by atoms with Gasteiger partial charge >= 0.3 is 6.09 Å². The van der Waals surface area contributed by atoms with Gasteiger partial charge in [-0.25, -0.2) is 15.6 Å². The molecule has 0 bridgehead atoms. The topological polar surface area (TPSA) is 201 Å². The summed E-state index contributed by atoms with van der Waals surface area (Å²) in [7, 11) is 5.70. The number of hydrogen-bond acceptors (Lipinski definition) is 11. The Labute approximate surface area is 160 Å². The summed E-state index contributed by atoms with van der Waals surface area (Å²) < 4.78 is 65.4. The van der Waals surface area contributed by atoms with Gasteiger partial charge in [0.2, 0.25) is 0 Å². The molecular formula is C9H25N6O8S3-3. The molecule has 1 amide bonds. The van der Waals surface area contributed by atoms with Crippen LogP contribution in [0.4, 0.5) is 4.79 Å². The van der Waals surface area contributed by atoms with Gasteiger partial charge in [0.1, 0.15) is 5.60 Å². The Morgan fingerprint density at radius 1 is 0.962 bits per heavy atom. The van der Waals surface area contributed by atoms with E-state index in [1.165, 1.54) is 28.2 Å². The van der Waals surface area contributed by atoms with Crippen LogP contribution in [0, 0.1) is 0 Å². The van der Waals surface area contributed by atoms with Crippen LogP contribution in [-0.4, -0.2) is 75.0 Å². The van der Waals surface area contributed by atoms with Crippen molar-refractivity contribution in [1.82, 2.24) is 29.9 Å². The maximum Gasteiger partial charge on any atom is 0.436 e. The summed E-state index contributed by atoms with van der Waals surface area (Å²) in [4.78, 5) is 13.0. The number of amides is 1. The summed E-state index contributed by atoms with van der Waals surface area (Å²) >= 11 is -6.99. The van der Waals surface area contributed by atoms with Crippen molar-refractivity contribution in [2.24, 2.45) is 0 Å². The minimum absolute atomic E-state index is 0.366. The van der Waals surface area contributed by atoms with E-state index in [1.807, 2.05) is 4.83 Å². The first-order valence-corrected chi connectivity index (χ1v) is 9.69. The second kappa shape index (κ2) is 16.6. The van der Waals surface area contributed by atoms with Crippen LogP contribution < -0.4 is 21.1 Å². The first kappa shape index (κ1) is 30.1. The van der Waals surface area contributed by atoms with Crippen molar-refractivity contribution in [3.05, 3.63) is 0 Å². The van der Waals surface area contributed by atoms with E-state index in [0.717, 1.165) is 4.41 Å². The zero-order chi connectivity index (χ0) is 21.5. The quantitative estimate of drug-likeness (QED) is 0.251. The predicted octanol–water partition coefficient (Wildman–Crippen LogP) is -2.50. The second-order valence-corrected chi connectivity index (χ2v) is 7.20. The molecule has 3 unspecified atom stereocenters. The van der Waals surface area contributed by atoms with Gasteiger partial charge in [0.25, 0.3) is 0 Å². The summed E-state index contributed by atoms with van der Waals surface area (Å²) in [6.07, 6.45) is -0.955. The number of nitrogens with one attached hydrogen (secondary N) is 4. The summed E-state index contributed by atoms with van der Waals surface area (Å²) in [6, 6.07) is 0. The minimum Gasteiger partial charge on any atom is -0.759 e. The Bertz CT molecular complexity index is 463. The van der Waals surface area contributed by atoms with Crippen LogP contribution in [0.1, 0.15) is 20.8 Å². The third kappa shape index (κ3) is 21.4. The van der Waals surface area contributed by atoms with Gasteiger partial charge in [0.15, 0.2) is 0 Å². The highest BCUT2D eigenvalue weighted by atomic mass is 32.2. The molecule has 0 rings (SSSR count). The summed E-state index contributed by atoms with van der Waals surface area (Å²) in [5.41, 5.74) is 6.04. The van der Waals surface area contributed by atoms with Gasteiger partial charge < -0.3 is 18.4 Å². The van der Waals surface area contributed by atoms with Crippen LogP contribution in [0.5, 0.6) is 0 Å². The van der Waals surface area contributed by atoms with Crippen molar-refractivity contribution in [2.75, 3.05) is 28.2 Å². The molecule has 0 aromatic carbocycles. The summed E-state index contributed by atoms with van der Waals surface area (Å²) in [5.74, 6) is 0. The smallest absolute Gasteiger partial charge is 0.436 e. The largest absolute Gasteiger partial charge is 0.759 e. The monoisotopic (exact) mass is 441 g/mol. The van der Waals surface area contributed by atoms with Crippen molar-refractivity contribution in [3.8, 4) is 0 Å². The lowest BCUT2D eigenvalue weighted by Crippen LogP contribution is -2.44. The van der Waals surface area contributed by atoms with Gasteiger partial charge in [-0.15, -0.1) is 0 Å². The van der Waals surface area contributed by atoms with Gasteiger partial charge in [-0.3, -0.25) is 18.1 Å². The number of hydrogen-bond donors (Lipinski definition) is 4. The molecule has 4 N–H and O–H groups in total. The highest BCUT2D eigenvalue weighted by Gasteiger charge is 2.21. The lowest BCUT2D eigenvalue weighted by Gasteiger charge is -2.26. The molecule has 0 spiro atoms. The zero-order valence-corrected chi connectivity index (χ0v) is 17.8. The van der Waals surface area contributed by atoms with E-state index in [4.69, 9.17) is 4.74 Å². The molecule has 160 valence electrons. The average Bonchev–Trinajstić information content (AvgIpc) is 2.45. The van der Waals surface area contributed by atoms with E-state index in [0.29, 0.717) is 4.41 Å². The van der Waals surface area contributed by atoms with E-state index < -0.39 is 45.5 Å². The maximum absolute atomic E-state index is 11.1. The van der Waals surface area contributed by atoms with Gasteiger partial charge in [-0.2, -0.15) is 13.7 Å². The van der Waals surface area contributed by atoms with E-state index in [2.05, 4.69) is 16.3 Å². The Balaban J connectivity index is -0.000000342.